The SMILES string of the molecule is O=C1NC(c2cccc3c2OCO3)Nc2cc(Cl)ccc21. The van der Waals surface area contributed by atoms with Crippen LogP contribution in [0.5, 0.6) is 11.5 Å². The van der Waals surface area contributed by atoms with Crippen LogP contribution in [0.2, 0.25) is 5.02 Å². The van der Waals surface area contributed by atoms with E-state index in [2.05, 4.69) is 10.6 Å². The first-order valence-corrected chi connectivity index (χ1v) is 6.85. The Labute approximate surface area is 125 Å². The lowest BCUT2D eigenvalue weighted by Crippen LogP contribution is -2.38. The van der Waals surface area contributed by atoms with Crippen molar-refractivity contribution < 1.29 is 14.3 Å². The number of ether oxygens (including phenoxy) is 2. The van der Waals surface area contributed by atoms with Crippen molar-refractivity contribution in [1.29, 1.82) is 0 Å². The largest absolute Gasteiger partial charge is 0.454 e. The third kappa shape index (κ3) is 1.97. The molecule has 4 rings (SSSR count). The summed E-state index contributed by atoms with van der Waals surface area (Å²) in [5, 5.41) is 6.75. The second kappa shape index (κ2) is 4.56. The average Bonchev–Trinajstić information content (AvgIpc) is 2.94. The summed E-state index contributed by atoms with van der Waals surface area (Å²) < 4.78 is 10.9. The Balaban J connectivity index is 1.76. The minimum absolute atomic E-state index is 0.151. The number of amides is 1. The van der Waals surface area contributed by atoms with Crippen molar-refractivity contribution in [2.75, 3.05) is 12.1 Å². The van der Waals surface area contributed by atoms with E-state index in [0.717, 1.165) is 5.56 Å². The number of hydrogen-bond donors (Lipinski definition) is 2. The van der Waals surface area contributed by atoms with Crippen molar-refractivity contribution in [1.82, 2.24) is 5.32 Å². The molecule has 6 heteroatoms. The predicted molar refractivity (Wildman–Crippen MR) is 77.8 cm³/mol. The molecule has 0 spiro atoms. The van der Waals surface area contributed by atoms with Gasteiger partial charge in [-0.1, -0.05) is 23.7 Å². The average molecular weight is 303 g/mol. The minimum Gasteiger partial charge on any atom is -0.454 e. The van der Waals surface area contributed by atoms with E-state index in [1.54, 1.807) is 18.2 Å². The summed E-state index contributed by atoms with van der Waals surface area (Å²) in [5.41, 5.74) is 2.09. The Morgan fingerprint density at radius 3 is 2.95 bits per heavy atom. The van der Waals surface area contributed by atoms with Gasteiger partial charge in [0.2, 0.25) is 6.79 Å². The first-order valence-electron chi connectivity index (χ1n) is 6.48. The van der Waals surface area contributed by atoms with Crippen LogP contribution < -0.4 is 20.1 Å². The second-order valence-corrected chi connectivity index (χ2v) is 5.26. The zero-order valence-corrected chi connectivity index (χ0v) is 11.6. The van der Waals surface area contributed by atoms with Crippen LogP contribution in [0, 0.1) is 0 Å². The molecule has 2 aromatic rings. The standard InChI is InChI=1S/C15H11ClN2O3/c16-8-4-5-9-11(6-8)17-14(18-15(9)19)10-2-1-3-12-13(10)21-7-20-12/h1-6,14,17H,7H2,(H,18,19). The Morgan fingerprint density at radius 1 is 1.14 bits per heavy atom. The number of nitrogens with one attached hydrogen (secondary N) is 2. The normalized spacial score (nSPS) is 18.7. The summed E-state index contributed by atoms with van der Waals surface area (Å²) in [6.07, 6.45) is -0.389. The van der Waals surface area contributed by atoms with Crippen molar-refractivity contribution in [3.63, 3.8) is 0 Å². The van der Waals surface area contributed by atoms with Gasteiger partial charge in [0, 0.05) is 10.6 Å². The fourth-order valence-corrected chi connectivity index (χ4v) is 2.74. The highest BCUT2D eigenvalue weighted by atomic mass is 35.5. The lowest BCUT2D eigenvalue weighted by Gasteiger charge is -2.28. The molecule has 0 saturated carbocycles. The van der Waals surface area contributed by atoms with Gasteiger partial charge in [0.05, 0.1) is 11.3 Å². The number of carbonyl (C=O) groups excluding carboxylic acids is 1. The molecule has 0 saturated heterocycles. The summed E-state index contributed by atoms with van der Waals surface area (Å²) >= 11 is 6.00. The zero-order chi connectivity index (χ0) is 14.4. The lowest BCUT2D eigenvalue weighted by molar-refractivity contribution is 0.0935. The molecule has 5 nitrogen and oxygen atoms in total. The Kier molecular flexibility index (Phi) is 2.68. The molecule has 2 N–H and O–H groups in total. The molecule has 2 heterocycles. The van der Waals surface area contributed by atoms with E-state index >= 15 is 0 Å². The molecular formula is C15H11ClN2O3. The molecule has 1 atom stereocenters. The molecule has 2 aliphatic heterocycles. The molecule has 0 bridgehead atoms. The van der Waals surface area contributed by atoms with Gasteiger partial charge in [-0.2, -0.15) is 0 Å². The fraction of sp³-hybridized carbons (Fsp3) is 0.133. The molecule has 0 aliphatic carbocycles. The van der Waals surface area contributed by atoms with Crippen LogP contribution in [0.3, 0.4) is 0 Å². The summed E-state index contributed by atoms with van der Waals surface area (Å²) in [6, 6.07) is 10.7. The van der Waals surface area contributed by atoms with Crippen molar-refractivity contribution in [3.05, 3.63) is 52.5 Å². The smallest absolute Gasteiger partial charge is 0.255 e. The van der Waals surface area contributed by atoms with E-state index in [4.69, 9.17) is 21.1 Å². The van der Waals surface area contributed by atoms with Crippen LogP contribution >= 0.6 is 11.6 Å². The van der Waals surface area contributed by atoms with Crippen molar-refractivity contribution in [2.45, 2.75) is 6.17 Å². The van der Waals surface area contributed by atoms with Crippen LogP contribution in [-0.4, -0.2) is 12.7 Å². The third-order valence-electron chi connectivity index (χ3n) is 3.54. The van der Waals surface area contributed by atoms with Gasteiger partial charge in [-0.3, -0.25) is 4.79 Å². The quantitative estimate of drug-likeness (QED) is 0.850. The Morgan fingerprint density at radius 2 is 2.05 bits per heavy atom. The highest BCUT2D eigenvalue weighted by Gasteiger charge is 2.29. The van der Waals surface area contributed by atoms with E-state index in [0.29, 0.717) is 27.8 Å². The molecule has 0 fully saturated rings. The number of anilines is 1. The maximum atomic E-state index is 12.2. The van der Waals surface area contributed by atoms with E-state index in [1.807, 2.05) is 18.2 Å². The van der Waals surface area contributed by atoms with Gasteiger partial charge in [-0.05, 0) is 24.3 Å². The maximum Gasteiger partial charge on any atom is 0.255 e. The van der Waals surface area contributed by atoms with Crippen molar-refractivity contribution in [2.24, 2.45) is 0 Å². The second-order valence-electron chi connectivity index (χ2n) is 4.82. The number of hydrogen-bond acceptors (Lipinski definition) is 4. The van der Waals surface area contributed by atoms with Gasteiger partial charge in [0.25, 0.3) is 5.91 Å². The van der Waals surface area contributed by atoms with Gasteiger partial charge in [-0.15, -0.1) is 0 Å². The van der Waals surface area contributed by atoms with Gasteiger partial charge in [0.15, 0.2) is 11.5 Å². The highest BCUT2D eigenvalue weighted by Crippen LogP contribution is 2.40. The highest BCUT2D eigenvalue weighted by molar-refractivity contribution is 6.31. The van der Waals surface area contributed by atoms with Crippen molar-refractivity contribution in [3.8, 4) is 11.5 Å². The molecule has 2 aromatic carbocycles. The van der Waals surface area contributed by atoms with Crippen molar-refractivity contribution >= 4 is 23.2 Å². The number of halogens is 1. The minimum atomic E-state index is -0.389. The van der Waals surface area contributed by atoms with E-state index < -0.39 is 0 Å². The topological polar surface area (TPSA) is 59.6 Å². The molecule has 1 unspecified atom stereocenters. The van der Waals surface area contributed by atoms with Crippen LogP contribution in [0.15, 0.2) is 36.4 Å². The molecule has 0 aromatic heterocycles. The summed E-state index contributed by atoms with van der Waals surface area (Å²) in [4.78, 5) is 12.2. The molecule has 106 valence electrons. The molecular weight excluding hydrogens is 292 g/mol. The number of carbonyl (C=O) groups is 1. The molecule has 1 amide bonds. The van der Waals surface area contributed by atoms with E-state index in [9.17, 15) is 4.79 Å². The molecule has 21 heavy (non-hydrogen) atoms. The van der Waals surface area contributed by atoms with Gasteiger partial charge >= 0.3 is 0 Å². The number of rotatable bonds is 1. The maximum absolute atomic E-state index is 12.2. The van der Waals surface area contributed by atoms with Gasteiger partial charge in [0.1, 0.15) is 6.17 Å². The Hall–Kier alpha value is -2.40. The summed E-state index contributed by atoms with van der Waals surface area (Å²) in [7, 11) is 0. The monoisotopic (exact) mass is 302 g/mol. The fourth-order valence-electron chi connectivity index (χ4n) is 2.57. The summed E-state index contributed by atoms with van der Waals surface area (Å²) in [5.74, 6) is 1.18. The first-order chi connectivity index (χ1) is 10.2. The third-order valence-corrected chi connectivity index (χ3v) is 3.77. The van der Waals surface area contributed by atoms with Gasteiger partial charge < -0.3 is 20.1 Å². The Bertz CT molecular complexity index is 748. The predicted octanol–water partition coefficient (Wildman–Crippen LogP) is 2.92. The van der Waals surface area contributed by atoms with Gasteiger partial charge in [-0.25, -0.2) is 0 Å². The van der Waals surface area contributed by atoms with E-state index in [-0.39, 0.29) is 18.9 Å². The molecule has 0 radical (unpaired) electrons. The first kappa shape index (κ1) is 12.3. The van der Waals surface area contributed by atoms with Crippen LogP contribution in [0.1, 0.15) is 22.1 Å². The summed E-state index contributed by atoms with van der Waals surface area (Å²) in [6.45, 7) is 0.190. The van der Waals surface area contributed by atoms with Crippen LogP contribution in [0.25, 0.3) is 0 Å². The van der Waals surface area contributed by atoms with E-state index in [1.165, 1.54) is 0 Å². The molecule has 2 aliphatic rings. The zero-order valence-electron chi connectivity index (χ0n) is 10.9. The number of para-hydroxylation sites is 1. The van der Waals surface area contributed by atoms with Crippen LogP contribution in [0.4, 0.5) is 5.69 Å². The lowest BCUT2D eigenvalue weighted by atomic mass is 10.0. The number of fused-ring (bicyclic) bond motifs is 2. The number of benzene rings is 2. The van der Waals surface area contributed by atoms with Crippen LogP contribution in [-0.2, 0) is 0 Å².